The third-order valence-corrected chi connectivity index (χ3v) is 5.22. The van der Waals surface area contributed by atoms with Crippen LogP contribution >= 0.6 is 11.8 Å². The Hall–Kier alpha value is -0.260. The molecule has 0 saturated heterocycles. The number of hydrogen-bond acceptors (Lipinski definition) is 5. The SMILES string of the molecule is CCOC(=O)C1CCC(O)(CSC(C)CCO)CC1. The van der Waals surface area contributed by atoms with Gasteiger partial charge in [0.2, 0.25) is 0 Å². The van der Waals surface area contributed by atoms with Gasteiger partial charge in [-0.2, -0.15) is 11.8 Å². The molecule has 5 heteroatoms. The number of thioether (sulfide) groups is 1. The second-order valence-electron chi connectivity index (χ2n) is 5.38. The molecule has 0 amide bonds. The summed E-state index contributed by atoms with van der Waals surface area (Å²) in [6.07, 6.45) is 3.51. The van der Waals surface area contributed by atoms with Gasteiger partial charge in [0.25, 0.3) is 0 Å². The highest BCUT2D eigenvalue weighted by Gasteiger charge is 2.36. The average Bonchev–Trinajstić information content (AvgIpc) is 2.38. The van der Waals surface area contributed by atoms with Crippen LogP contribution in [0.3, 0.4) is 0 Å². The van der Waals surface area contributed by atoms with Gasteiger partial charge >= 0.3 is 5.97 Å². The van der Waals surface area contributed by atoms with Crippen LogP contribution < -0.4 is 0 Å². The van der Waals surface area contributed by atoms with Crippen molar-refractivity contribution in [3.63, 3.8) is 0 Å². The minimum Gasteiger partial charge on any atom is -0.466 e. The van der Waals surface area contributed by atoms with Crippen molar-refractivity contribution in [3.8, 4) is 0 Å². The standard InChI is InChI=1S/C14H26O4S/c1-3-18-13(16)12-4-7-14(17,8-5-12)10-19-11(2)6-9-15/h11-12,15,17H,3-10H2,1-2H3. The van der Waals surface area contributed by atoms with Crippen LogP contribution in [-0.2, 0) is 9.53 Å². The van der Waals surface area contributed by atoms with E-state index in [9.17, 15) is 9.90 Å². The number of carbonyl (C=O) groups is 1. The van der Waals surface area contributed by atoms with Gasteiger partial charge in [-0.1, -0.05) is 6.92 Å². The molecular formula is C14H26O4S. The molecule has 1 aliphatic carbocycles. The molecular weight excluding hydrogens is 264 g/mol. The molecule has 0 aromatic heterocycles. The fourth-order valence-corrected chi connectivity index (χ4v) is 3.51. The Balaban J connectivity index is 2.32. The zero-order valence-corrected chi connectivity index (χ0v) is 12.7. The van der Waals surface area contributed by atoms with Crippen LogP contribution in [0.2, 0.25) is 0 Å². The van der Waals surface area contributed by atoms with Crippen molar-refractivity contribution >= 4 is 17.7 Å². The molecule has 0 bridgehead atoms. The predicted octanol–water partition coefficient (Wildman–Crippen LogP) is 1.97. The first-order chi connectivity index (χ1) is 9.00. The zero-order chi connectivity index (χ0) is 14.3. The van der Waals surface area contributed by atoms with Crippen LogP contribution in [0.15, 0.2) is 0 Å². The van der Waals surface area contributed by atoms with Crippen molar-refractivity contribution in [2.45, 2.75) is 56.8 Å². The van der Waals surface area contributed by atoms with E-state index in [2.05, 4.69) is 6.92 Å². The quantitative estimate of drug-likeness (QED) is 0.702. The van der Waals surface area contributed by atoms with Gasteiger partial charge in [0.15, 0.2) is 0 Å². The predicted molar refractivity (Wildman–Crippen MR) is 77.2 cm³/mol. The third-order valence-electron chi connectivity index (χ3n) is 3.71. The molecule has 1 fully saturated rings. The Kier molecular flexibility index (Phi) is 7.18. The molecule has 0 aliphatic heterocycles. The van der Waals surface area contributed by atoms with Crippen molar-refractivity contribution < 1.29 is 19.7 Å². The number of aliphatic hydroxyl groups excluding tert-OH is 1. The lowest BCUT2D eigenvalue weighted by atomic mass is 9.80. The van der Waals surface area contributed by atoms with Gasteiger partial charge in [-0.3, -0.25) is 4.79 Å². The zero-order valence-electron chi connectivity index (χ0n) is 11.9. The summed E-state index contributed by atoms with van der Waals surface area (Å²) in [5, 5.41) is 19.7. The summed E-state index contributed by atoms with van der Waals surface area (Å²) in [5.41, 5.74) is -0.655. The molecule has 112 valence electrons. The maximum atomic E-state index is 11.6. The van der Waals surface area contributed by atoms with Gasteiger partial charge in [-0.15, -0.1) is 0 Å². The van der Waals surface area contributed by atoms with E-state index < -0.39 is 5.60 Å². The van der Waals surface area contributed by atoms with Crippen molar-refractivity contribution in [1.29, 1.82) is 0 Å². The lowest BCUT2D eigenvalue weighted by molar-refractivity contribution is -0.150. The molecule has 2 N–H and O–H groups in total. The largest absolute Gasteiger partial charge is 0.466 e. The van der Waals surface area contributed by atoms with E-state index in [4.69, 9.17) is 9.84 Å². The molecule has 0 radical (unpaired) electrons. The van der Waals surface area contributed by atoms with Crippen LogP contribution in [0.5, 0.6) is 0 Å². The number of ether oxygens (including phenoxy) is 1. The Morgan fingerprint density at radius 2 is 2.11 bits per heavy atom. The normalized spacial score (nSPS) is 28.9. The van der Waals surface area contributed by atoms with Crippen molar-refractivity contribution in [2.75, 3.05) is 19.0 Å². The van der Waals surface area contributed by atoms with Crippen LogP contribution in [0.25, 0.3) is 0 Å². The minimum atomic E-state index is -0.655. The molecule has 1 atom stereocenters. The van der Waals surface area contributed by atoms with Crippen LogP contribution in [0, 0.1) is 5.92 Å². The summed E-state index contributed by atoms with van der Waals surface area (Å²) in [6, 6.07) is 0. The van der Waals surface area contributed by atoms with Crippen LogP contribution in [-0.4, -0.2) is 46.0 Å². The lowest BCUT2D eigenvalue weighted by Crippen LogP contribution is -2.39. The Morgan fingerprint density at radius 1 is 1.47 bits per heavy atom. The van der Waals surface area contributed by atoms with Crippen LogP contribution in [0.4, 0.5) is 0 Å². The molecule has 0 heterocycles. The van der Waals surface area contributed by atoms with Crippen molar-refractivity contribution in [3.05, 3.63) is 0 Å². The van der Waals surface area contributed by atoms with E-state index in [1.165, 1.54) is 0 Å². The van der Waals surface area contributed by atoms with E-state index in [0.29, 0.717) is 43.3 Å². The van der Waals surface area contributed by atoms with E-state index in [1.807, 2.05) is 6.92 Å². The summed E-state index contributed by atoms with van der Waals surface area (Å²) < 4.78 is 5.03. The molecule has 1 saturated carbocycles. The molecule has 1 aliphatic rings. The topological polar surface area (TPSA) is 66.8 Å². The third kappa shape index (κ3) is 5.71. The van der Waals surface area contributed by atoms with E-state index in [-0.39, 0.29) is 18.5 Å². The molecule has 0 aromatic rings. The van der Waals surface area contributed by atoms with Crippen molar-refractivity contribution in [1.82, 2.24) is 0 Å². The van der Waals surface area contributed by atoms with Crippen molar-refractivity contribution in [2.24, 2.45) is 5.92 Å². The second kappa shape index (κ2) is 8.12. The molecule has 1 unspecified atom stereocenters. The molecule has 0 spiro atoms. The van der Waals surface area contributed by atoms with Gasteiger partial charge in [0.05, 0.1) is 18.1 Å². The highest BCUT2D eigenvalue weighted by atomic mass is 32.2. The molecule has 0 aromatic carbocycles. The summed E-state index contributed by atoms with van der Waals surface area (Å²) >= 11 is 1.70. The van der Waals surface area contributed by atoms with E-state index >= 15 is 0 Å². The lowest BCUT2D eigenvalue weighted by Gasteiger charge is -2.35. The highest BCUT2D eigenvalue weighted by Crippen LogP contribution is 2.36. The Labute approximate surface area is 119 Å². The summed E-state index contributed by atoms with van der Waals surface area (Å²) in [5.74, 6) is 0.523. The summed E-state index contributed by atoms with van der Waals surface area (Å²) in [6.45, 7) is 4.50. The van der Waals surface area contributed by atoms with Gasteiger partial charge < -0.3 is 14.9 Å². The molecule has 4 nitrogen and oxygen atoms in total. The van der Waals surface area contributed by atoms with Gasteiger partial charge in [-0.25, -0.2) is 0 Å². The summed E-state index contributed by atoms with van der Waals surface area (Å²) in [4.78, 5) is 11.6. The first-order valence-corrected chi connectivity index (χ1v) is 8.17. The Bertz CT molecular complexity index is 275. The van der Waals surface area contributed by atoms with Gasteiger partial charge in [-0.05, 0) is 39.0 Å². The fraction of sp³-hybridized carbons (Fsp3) is 0.929. The number of hydrogen-bond donors (Lipinski definition) is 2. The highest BCUT2D eigenvalue weighted by molar-refractivity contribution is 7.99. The maximum absolute atomic E-state index is 11.6. The van der Waals surface area contributed by atoms with Gasteiger partial charge in [0.1, 0.15) is 0 Å². The average molecular weight is 290 g/mol. The van der Waals surface area contributed by atoms with E-state index in [1.54, 1.807) is 11.8 Å². The maximum Gasteiger partial charge on any atom is 0.308 e. The minimum absolute atomic E-state index is 0.0416. The second-order valence-corrected chi connectivity index (χ2v) is 6.81. The Morgan fingerprint density at radius 3 is 2.63 bits per heavy atom. The monoisotopic (exact) mass is 290 g/mol. The first-order valence-electron chi connectivity index (χ1n) is 7.12. The molecule has 1 rings (SSSR count). The molecule has 19 heavy (non-hydrogen) atoms. The smallest absolute Gasteiger partial charge is 0.308 e. The fourth-order valence-electron chi connectivity index (χ4n) is 2.36. The number of aliphatic hydroxyl groups is 2. The first kappa shape index (κ1) is 16.8. The van der Waals surface area contributed by atoms with Gasteiger partial charge in [0, 0.05) is 17.6 Å². The number of rotatable bonds is 7. The number of carbonyl (C=O) groups excluding carboxylic acids is 1. The van der Waals surface area contributed by atoms with E-state index in [0.717, 1.165) is 6.42 Å². The summed E-state index contributed by atoms with van der Waals surface area (Å²) in [7, 11) is 0. The number of esters is 1. The van der Waals surface area contributed by atoms with Crippen LogP contribution in [0.1, 0.15) is 46.0 Å².